The third-order valence-electron chi connectivity index (χ3n) is 4.01. The molecule has 24 heavy (non-hydrogen) atoms. The summed E-state index contributed by atoms with van der Waals surface area (Å²) in [6.07, 6.45) is 0.880. The molecule has 1 aliphatic heterocycles. The summed E-state index contributed by atoms with van der Waals surface area (Å²) < 4.78 is 5.25. The average molecular weight is 355 g/mol. The van der Waals surface area contributed by atoms with Gasteiger partial charge in [0.15, 0.2) is 0 Å². The Kier molecular flexibility index (Phi) is 4.08. The number of aryl methyl sites for hydroxylation is 1. The SMILES string of the molecule is COc1ccc(C2=NN(c3nc(C)cs3)[C@H](c3cccs3)C2)cc1. The maximum absolute atomic E-state index is 5.25. The number of hydrogen-bond acceptors (Lipinski definition) is 6. The Morgan fingerprint density at radius 3 is 2.62 bits per heavy atom. The molecule has 0 unspecified atom stereocenters. The van der Waals surface area contributed by atoms with Crippen LogP contribution in [-0.2, 0) is 0 Å². The highest BCUT2D eigenvalue weighted by Crippen LogP contribution is 2.39. The van der Waals surface area contributed by atoms with Crippen molar-refractivity contribution in [3.05, 3.63) is 63.3 Å². The van der Waals surface area contributed by atoms with E-state index < -0.39 is 0 Å². The Balaban J connectivity index is 1.70. The molecule has 1 aromatic carbocycles. The van der Waals surface area contributed by atoms with Gasteiger partial charge >= 0.3 is 0 Å². The van der Waals surface area contributed by atoms with Gasteiger partial charge in [-0.3, -0.25) is 0 Å². The van der Waals surface area contributed by atoms with Crippen LogP contribution in [0.25, 0.3) is 0 Å². The van der Waals surface area contributed by atoms with Crippen LogP contribution in [0.1, 0.15) is 28.6 Å². The van der Waals surface area contributed by atoms with E-state index in [-0.39, 0.29) is 6.04 Å². The van der Waals surface area contributed by atoms with E-state index in [4.69, 9.17) is 9.84 Å². The van der Waals surface area contributed by atoms with Crippen molar-refractivity contribution in [2.45, 2.75) is 19.4 Å². The highest BCUT2D eigenvalue weighted by atomic mass is 32.1. The molecule has 3 aromatic rings. The molecule has 0 N–H and O–H groups in total. The monoisotopic (exact) mass is 355 g/mol. The molecule has 0 saturated heterocycles. The van der Waals surface area contributed by atoms with Crippen LogP contribution < -0.4 is 9.75 Å². The predicted octanol–water partition coefficient (Wildman–Crippen LogP) is 4.88. The van der Waals surface area contributed by atoms with Crippen molar-refractivity contribution in [2.75, 3.05) is 12.1 Å². The molecule has 0 bridgehead atoms. The summed E-state index contributed by atoms with van der Waals surface area (Å²) in [5.74, 6) is 0.861. The van der Waals surface area contributed by atoms with Crippen molar-refractivity contribution in [1.29, 1.82) is 0 Å². The smallest absolute Gasteiger partial charge is 0.206 e. The maximum Gasteiger partial charge on any atom is 0.206 e. The van der Waals surface area contributed by atoms with E-state index in [0.29, 0.717) is 0 Å². The van der Waals surface area contributed by atoms with Crippen LogP contribution >= 0.6 is 22.7 Å². The number of rotatable bonds is 4. The normalized spacial score (nSPS) is 17.2. The number of aromatic nitrogens is 1. The number of hydrogen-bond donors (Lipinski definition) is 0. The molecule has 0 spiro atoms. The van der Waals surface area contributed by atoms with Crippen molar-refractivity contribution in [1.82, 2.24) is 4.98 Å². The van der Waals surface area contributed by atoms with Gasteiger partial charge in [-0.1, -0.05) is 6.07 Å². The van der Waals surface area contributed by atoms with Crippen LogP contribution in [0.15, 0.2) is 52.3 Å². The summed E-state index contributed by atoms with van der Waals surface area (Å²) in [6, 6.07) is 12.6. The van der Waals surface area contributed by atoms with E-state index in [1.165, 1.54) is 4.88 Å². The van der Waals surface area contributed by atoms with Crippen molar-refractivity contribution in [3.63, 3.8) is 0 Å². The second-order valence-electron chi connectivity index (χ2n) is 5.63. The number of thiazole rings is 1. The first-order chi connectivity index (χ1) is 11.7. The summed E-state index contributed by atoms with van der Waals surface area (Å²) in [7, 11) is 1.68. The van der Waals surface area contributed by atoms with E-state index in [0.717, 1.165) is 34.3 Å². The molecule has 6 heteroatoms. The van der Waals surface area contributed by atoms with Gasteiger partial charge in [0.1, 0.15) is 5.75 Å². The third kappa shape index (κ3) is 2.83. The van der Waals surface area contributed by atoms with Crippen molar-refractivity contribution in [2.24, 2.45) is 5.10 Å². The highest BCUT2D eigenvalue weighted by molar-refractivity contribution is 7.13. The van der Waals surface area contributed by atoms with Crippen LogP contribution in [0.3, 0.4) is 0 Å². The van der Waals surface area contributed by atoms with Crippen molar-refractivity contribution >= 4 is 33.5 Å². The summed E-state index contributed by atoms with van der Waals surface area (Å²) >= 11 is 3.41. The molecule has 0 radical (unpaired) electrons. The molecular formula is C18H17N3OS2. The molecule has 122 valence electrons. The fraction of sp³-hybridized carbons (Fsp3) is 0.222. The Labute approximate surface area is 149 Å². The standard InChI is InChI=1S/C18H17N3OS2/c1-12-11-24-18(19-12)21-16(17-4-3-9-23-17)10-15(20-21)13-5-7-14(22-2)8-6-13/h3-9,11,16H,10H2,1-2H3/t16-/m0/s1. The minimum Gasteiger partial charge on any atom is -0.497 e. The van der Waals surface area contributed by atoms with Crippen LogP contribution in [-0.4, -0.2) is 17.8 Å². The molecule has 1 atom stereocenters. The number of benzene rings is 1. The number of nitrogens with zero attached hydrogens (tertiary/aromatic N) is 3. The van der Waals surface area contributed by atoms with Crippen molar-refractivity contribution < 1.29 is 4.74 Å². The van der Waals surface area contributed by atoms with E-state index >= 15 is 0 Å². The van der Waals surface area contributed by atoms with Crippen LogP contribution in [0.4, 0.5) is 5.13 Å². The van der Waals surface area contributed by atoms with Crippen LogP contribution in [0.5, 0.6) is 5.75 Å². The molecular weight excluding hydrogens is 338 g/mol. The van der Waals surface area contributed by atoms with Gasteiger partial charge in [0, 0.05) is 16.7 Å². The molecule has 1 aliphatic rings. The number of ether oxygens (including phenoxy) is 1. The quantitative estimate of drug-likeness (QED) is 0.669. The Hall–Kier alpha value is -2.18. The first-order valence-corrected chi connectivity index (χ1v) is 9.47. The van der Waals surface area contributed by atoms with Gasteiger partial charge in [0.25, 0.3) is 0 Å². The van der Waals surface area contributed by atoms with E-state index in [1.807, 2.05) is 19.1 Å². The summed E-state index contributed by atoms with van der Waals surface area (Å²) in [5.41, 5.74) is 3.25. The number of anilines is 1. The topological polar surface area (TPSA) is 37.7 Å². The fourth-order valence-electron chi connectivity index (χ4n) is 2.79. The van der Waals surface area contributed by atoms with Gasteiger partial charge in [-0.15, -0.1) is 22.7 Å². The first-order valence-electron chi connectivity index (χ1n) is 7.71. The summed E-state index contributed by atoms with van der Waals surface area (Å²) in [4.78, 5) is 5.95. The van der Waals surface area contributed by atoms with Gasteiger partial charge in [0.05, 0.1) is 24.6 Å². The molecule has 4 rings (SSSR count). The lowest BCUT2D eigenvalue weighted by molar-refractivity contribution is 0.415. The van der Waals surface area contributed by atoms with E-state index in [1.54, 1.807) is 29.8 Å². The van der Waals surface area contributed by atoms with Gasteiger partial charge in [-0.2, -0.15) is 5.10 Å². The zero-order valence-corrected chi connectivity index (χ0v) is 15.1. The first kappa shape index (κ1) is 15.4. The lowest BCUT2D eigenvalue weighted by Gasteiger charge is -2.19. The molecule has 0 saturated carbocycles. The molecule has 0 fully saturated rings. The fourth-order valence-corrected chi connectivity index (χ4v) is 4.41. The summed E-state index contributed by atoms with van der Waals surface area (Å²) in [5, 5.41) is 12.1. The molecule has 3 heterocycles. The van der Waals surface area contributed by atoms with Gasteiger partial charge < -0.3 is 4.74 Å². The highest BCUT2D eigenvalue weighted by Gasteiger charge is 2.32. The van der Waals surface area contributed by atoms with Gasteiger partial charge in [-0.05, 0) is 48.2 Å². The third-order valence-corrected chi connectivity index (χ3v) is 5.93. The van der Waals surface area contributed by atoms with Crippen LogP contribution in [0, 0.1) is 6.92 Å². The Bertz CT molecular complexity index is 853. The minimum absolute atomic E-state index is 0.215. The molecule has 4 nitrogen and oxygen atoms in total. The second kappa shape index (κ2) is 6.37. The molecule has 0 amide bonds. The Morgan fingerprint density at radius 2 is 2.00 bits per heavy atom. The lowest BCUT2D eigenvalue weighted by atomic mass is 10.0. The zero-order valence-electron chi connectivity index (χ0n) is 13.5. The van der Waals surface area contributed by atoms with E-state index in [2.05, 4.69) is 45.0 Å². The number of hydrazone groups is 1. The average Bonchev–Trinajstić information content (AvgIpc) is 3.34. The Morgan fingerprint density at radius 1 is 1.17 bits per heavy atom. The molecule has 2 aromatic heterocycles. The van der Waals surface area contributed by atoms with Crippen molar-refractivity contribution in [3.8, 4) is 5.75 Å². The second-order valence-corrected chi connectivity index (χ2v) is 7.44. The van der Waals surface area contributed by atoms with Crippen LogP contribution in [0.2, 0.25) is 0 Å². The van der Waals surface area contributed by atoms with Gasteiger partial charge in [0.2, 0.25) is 5.13 Å². The minimum atomic E-state index is 0.215. The maximum atomic E-state index is 5.25. The predicted molar refractivity (Wildman–Crippen MR) is 101 cm³/mol. The number of thiophene rings is 1. The largest absolute Gasteiger partial charge is 0.497 e. The summed E-state index contributed by atoms with van der Waals surface area (Å²) in [6.45, 7) is 2.02. The van der Waals surface area contributed by atoms with Gasteiger partial charge in [-0.25, -0.2) is 9.99 Å². The number of methoxy groups -OCH3 is 1. The van der Waals surface area contributed by atoms with E-state index in [9.17, 15) is 0 Å². The lowest BCUT2D eigenvalue weighted by Crippen LogP contribution is -2.17. The molecule has 0 aliphatic carbocycles. The zero-order chi connectivity index (χ0) is 16.5.